The molecular weight excluding hydrogens is 628 g/mol. The largest absolute Gasteiger partial charge is 0.465 e. The summed E-state index contributed by atoms with van der Waals surface area (Å²) in [5.74, 6) is -0.417. The number of hydrogen-bond acceptors (Lipinski definition) is 8. The lowest BCUT2D eigenvalue weighted by Gasteiger charge is -2.40. The molecule has 8 heteroatoms. The third-order valence-corrected chi connectivity index (χ3v) is 10.3. The summed E-state index contributed by atoms with van der Waals surface area (Å²) in [5.41, 5.74) is 1.11. The van der Waals surface area contributed by atoms with E-state index in [0.717, 1.165) is 84.0 Å². The summed E-state index contributed by atoms with van der Waals surface area (Å²) in [6.45, 7) is 15.2. The van der Waals surface area contributed by atoms with Gasteiger partial charge in [-0.1, -0.05) is 89.3 Å². The number of carbonyl (C=O) groups excluding carboxylic acids is 3. The second-order valence-electron chi connectivity index (χ2n) is 15.3. The number of unbranched alkanes of at least 4 members (excludes halogenated alkanes) is 8. The monoisotopic (exact) mass is 701 g/mol. The highest BCUT2D eigenvalue weighted by Crippen LogP contribution is 2.46. The normalized spacial score (nSPS) is 21.1. The maximum atomic E-state index is 13.1. The summed E-state index contributed by atoms with van der Waals surface area (Å²) < 4.78 is 17.0. The van der Waals surface area contributed by atoms with Crippen molar-refractivity contribution in [3.8, 4) is 0 Å². The smallest absolute Gasteiger partial charge is 0.320 e. The summed E-state index contributed by atoms with van der Waals surface area (Å²) in [6, 6.07) is 0. The van der Waals surface area contributed by atoms with Crippen molar-refractivity contribution in [2.45, 2.75) is 136 Å². The molecule has 2 fully saturated rings. The molecular formula is C42H72N2O6. The number of likely N-dealkylation sites (N-methyl/N-ethyl adjacent to an activating group) is 1. The van der Waals surface area contributed by atoms with E-state index in [4.69, 9.17) is 14.2 Å². The Hall–Kier alpha value is -2.45. The Bertz CT molecular complexity index is 1030. The molecule has 1 saturated heterocycles. The van der Waals surface area contributed by atoms with E-state index < -0.39 is 0 Å². The number of esters is 3. The lowest BCUT2D eigenvalue weighted by molar-refractivity contribution is -0.153. The van der Waals surface area contributed by atoms with Gasteiger partial charge in [-0.25, -0.2) is 0 Å². The zero-order valence-electron chi connectivity index (χ0n) is 32.4. The first-order chi connectivity index (χ1) is 24.1. The molecule has 1 heterocycles. The summed E-state index contributed by atoms with van der Waals surface area (Å²) in [6.07, 6.45) is 26.6. The predicted molar refractivity (Wildman–Crippen MR) is 204 cm³/mol. The van der Waals surface area contributed by atoms with Crippen molar-refractivity contribution in [1.82, 2.24) is 9.80 Å². The molecule has 1 saturated carbocycles. The molecule has 1 aliphatic carbocycles. The van der Waals surface area contributed by atoms with E-state index in [1.54, 1.807) is 0 Å². The van der Waals surface area contributed by atoms with Gasteiger partial charge in [0, 0.05) is 38.5 Å². The van der Waals surface area contributed by atoms with Crippen LogP contribution in [0.15, 0.2) is 36.5 Å². The van der Waals surface area contributed by atoms with Gasteiger partial charge in [-0.3, -0.25) is 19.3 Å². The van der Waals surface area contributed by atoms with Crippen LogP contribution in [0.2, 0.25) is 0 Å². The number of ether oxygens (including phenoxy) is 3. The van der Waals surface area contributed by atoms with Gasteiger partial charge >= 0.3 is 17.9 Å². The minimum atomic E-state index is -0.250. The van der Waals surface area contributed by atoms with Crippen molar-refractivity contribution in [1.29, 1.82) is 0 Å². The van der Waals surface area contributed by atoms with Crippen LogP contribution in [0.5, 0.6) is 0 Å². The molecule has 0 bridgehead atoms. The number of allylic oxidation sites excluding steroid dienone is 5. The fraction of sp³-hybridized carbons (Fsp3) is 0.786. The topological polar surface area (TPSA) is 85.4 Å². The number of nitrogens with zero attached hydrogens (tertiary/aromatic N) is 2. The first-order valence-electron chi connectivity index (χ1n) is 20.0. The van der Waals surface area contributed by atoms with Crippen LogP contribution in [0.4, 0.5) is 0 Å². The van der Waals surface area contributed by atoms with E-state index in [9.17, 15) is 14.4 Å². The second kappa shape index (κ2) is 26.3. The van der Waals surface area contributed by atoms with Crippen LogP contribution >= 0.6 is 0 Å². The summed E-state index contributed by atoms with van der Waals surface area (Å²) in [5, 5.41) is 0. The van der Waals surface area contributed by atoms with Gasteiger partial charge in [0.1, 0.15) is 0 Å². The Morgan fingerprint density at radius 3 is 2.14 bits per heavy atom. The van der Waals surface area contributed by atoms with Crippen molar-refractivity contribution >= 4 is 17.9 Å². The van der Waals surface area contributed by atoms with Gasteiger partial charge in [-0.2, -0.15) is 0 Å². The van der Waals surface area contributed by atoms with Crippen LogP contribution in [0.25, 0.3) is 0 Å². The maximum absolute atomic E-state index is 13.1. The van der Waals surface area contributed by atoms with Gasteiger partial charge in [0.2, 0.25) is 0 Å². The van der Waals surface area contributed by atoms with Gasteiger partial charge in [0.15, 0.2) is 0 Å². The molecule has 8 nitrogen and oxygen atoms in total. The minimum Gasteiger partial charge on any atom is -0.465 e. The molecule has 0 N–H and O–H groups in total. The van der Waals surface area contributed by atoms with E-state index in [1.165, 1.54) is 44.1 Å². The van der Waals surface area contributed by atoms with Crippen molar-refractivity contribution in [3.63, 3.8) is 0 Å². The van der Waals surface area contributed by atoms with Gasteiger partial charge in [0.25, 0.3) is 0 Å². The predicted octanol–water partition coefficient (Wildman–Crippen LogP) is 8.85. The molecule has 0 aromatic carbocycles. The fourth-order valence-corrected chi connectivity index (χ4v) is 7.23. The van der Waals surface area contributed by atoms with Gasteiger partial charge in [-0.05, 0) is 89.0 Å². The molecule has 3 unspecified atom stereocenters. The third kappa shape index (κ3) is 20.4. The average Bonchev–Trinajstić information content (AvgIpc) is 3.08. The van der Waals surface area contributed by atoms with E-state index >= 15 is 0 Å². The SMILES string of the molecule is C=C1CC(C)CC(CC)(CC(=O)OCC(CCOC(=O)CN2CCN(C)CC2)COC(=O)CCCCCCC/C=C\C/C=C\CCCCC)C1. The van der Waals surface area contributed by atoms with E-state index in [0.29, 0.717) is 25.2 Å². The zero-order chi connectivity index (χ0) is 36.5. The number of carbonyl (C=O) groups is 3. The summed E-state index contributed by atoms with van der Waals surface area (Å²) in [4.78, 5) is 42.5. The van der Waals surface area contributed by atoms with Crippen molar-refractivity contribution in [2.24, 2.45) is 17.3 Å². The summed E-state index contributed by atoms with van der Waals surface area (Å²) >= 11 is 0. The van der Waals surface area contributed by atoms with Crippen LogP contribution in [-0.4, -0.2) is 87.3 Å². The van der Waals surface area contributed by atoms with Gasteiger partial charge in [0.05, 0.1) is 32.8 Å². The van der Waals surface area contributed by atoms with Gasteiger partial charge in [-0.15, -0.1) is 0 Å². The van der Waals surface area contributed by atoms with Crippen LogP contribution < -0.4 is 0 Å². The van der Waals surface area contributed by atoms with Crippen LogP contribution in [-0.2, 0) is 28.6 Å². The molecule has 286 valence electrons. The first kappa shape index (κ1) is 43.7. The molecule has 1 aliphatic heterocycles. The first-order valence-corrected chi connectivity index (χ1v) is 20.0. The second-order valence-corrected chi connectivity index (χ2v) is 15.3. The molecule has 0 amide bonds. The quantitative estimate of drug-likeness (QED) is 0.0383. The average molecular weight is 701 g/mol. The Morgan fingerprint density at radius 1 is 0.840 bits per heavy atom. The minimum absolute atomic E-state index is 0.103. The Kier molecular flexibility index (Phi) is 23.0. The lowest BCUT2D eigenvalue weighted by atomic mass is 9.65. The highest BCUT2D eigenvalue weighted by atomic mass is 16.6. The number of piperazine rings is 1. The Balaban J connectivity index is 1.70. The van der Waals surface area contributed by atoms with Crippen molar-refractivity contribution in [3.05, 3.63) is 36.5 Å². The third-order valence-electron chi connectivity index (χ3n) is 10.3. The van der Waals surface area contributed by atoms with E-state index in [2.05, 4.69) is 68.5 Å². The number of rotatable bonds is 26. The zero-order valence-corrected chi connectivity index (χ0v) is 32.4. The summed E-state index contributed by atoms with van der Waals surface area (Å²) in [7, 11) is 2.08. The fourth-order valence-electron chi connectivity index (χ4n) is 7.23. The number of hydrogen-bond donors (Lipinski definition) is 0. The standard InChI is InChI=1S/C42H72N2O6/c1-6-8-9-10-11-12-13-14-15-16-17-18-19-20-21-22-39(45)49-34-38(23-28-48-41(47)33-44-26-24-43(5)25-27-44)35-50-40(46)32-42(7-2)30-36(3)29-37(4)31-42/h11-12,14-15,37-38H,3,6-10,13,16-35H2,1-2,4-5H3/b12-11-,15-14-. The van der Waals surface area contributed by atoms with E-state index in [-0.39, 0.29) is 55.6 Å². The van der Waals surface area contributed by atoms with Crippen molar-refractivity contribution in [2.75, 3.05) is 59.6 Å². The molecule has 3 atom stereocenters. The molecule has 50 heavy (non-hydrogen) atoms. The van der Waals surface area contributed by atoms with E-state index in [1.807, 2.05) is 0 Å². The molecule has 0 aromatic heterocycles. The highest BCUT2D eigenvalue weighted by molar-refractivity contribution is 5.72. The highest BCUT2D eigenvalue weighted by Gasteiger charge is 2.37. The molecule has 0 aromatic rings. The molecule has 2 rings (SSSR count). The van der Waals surface area contributed by atoms with Crippen LogP contribution in [0, 0.1) is 17.3 Å². The molecule has 0 radical (unpaired) electrons. The van der Waals surface area contributed by atoms with Crippen molar-refractivity contribution < 1.29 is 28.6 Å². The lowest BCUT2D eigenvalue weighted by Crippen LogP contribution is -2.46. The maximum Gasteiger partial charge on any atom is 0.320 e. The molecule has 0 spiro atoms. The van der Waals surface area contributed by atoms with Crippen LogP contribution in [0.1, 0.15) is 136 Å². The Morgan fingerprint density at radius 2 is 1.48 bits per heavy atom. The Labute approximate surface area is 305 Å². The molecule has 2 aliphatic rings. The van der Waals surface area contributed by atoms with Crippen LogP contribution in [0.3, 0.4) is 0 Å². The van der Waals surface area contributed by atoms with Gasteiger partial charge < -0.3 is 19.1 Å².